The number of aryl methyl sites for hydroxylation is 1. The second-order valence-electron chi connectivity index (χ2n) is 8.86. The molecule has 1 aliphatic carbocycles. The van der Waals surface area contributed by atoms with Crippen molar-refractivity contribution in [2.45, 2.75) is 36.7 Å². The molecule has 1 aromatic heterocycles. The Morgan fingerprint density at radius 2 is 2.00 bits per heavy atom. The number of anilines is 2. The smallest absolute Gasteiger partial charge is 0.378 e. The van der Waals surface area contributed by atoms with Crippen LogP contribution < -0.4 is 15.5 Å². The molecular weight excluding hydrogens is 569 g/mol. The predicted octanol–water partition coefficient (Wildman–Crippen LogP) is 3.75. The van der Waals surface area contributed by atoms with Gasteiger partial charge in [0.1, 0.15) is 5.82 Å². The van der Waals surface area contributed by atoms with E-state index in [4.69, 9.17) is 13.0 Å². The van der Waals surface area contributed by atoms with Crippen LogP contribution in [0.15, 0.2) is 47.4 Å². The molecule has 2 heterocycles. The number of nitrogens with one attached hydrogen (secondary N) is 2. The molecule has 178 valence electrons. The van der Waals surface area contributed by atoms with Gasteiger partial charge in [-0.1, -0.05) is 29.8 Å². The molecule has 0 saturated heterocycles. The van der Waals surface area contributed by atoms with Gasteiger partial charge in [0, 0.05) is 25.0 Å². The molecule has 0 atom stereocenters. The van der Waals surface area contributed by atoms with Crippen molar-refractivity contribution >= 4 is 61.6 Å². The fourth-order valence-electron chi connectivity index (χ4n) is 4.23. The number of carbonyl (C=O) groups is 1. The molecule has 11 heteroatoms. The molecule has 1 saturated carbocycles. The van der Waals surface area contributed by atoms with E-state index in [1.54, 1.807) is 35.1 Å². The number of hydrogen-bond donors (Lipinski definition) is 2. The third kappa shape index (κ3) is 4.63. The van der Waals surface area contributed by atoms with Crippen LogP contribution in [0.4, 0.5) is 16.6 Å². The average Bonchev–Trinajstić information content (AvgIpc) is 3.61. The Morgan fingerprint density at radius 3 is 2.76 bits per heavy atom. The molecule has 2 N–H and O–H groups in total. The molecule has 1 fully saturated rings. The van der Waals surface area contributed by atoms with Crippen molar-refractivity contribution in [3.8, 4) is 0 Å². The number of nitrogens with zero attached hydrogens (tertiary/aromatic N) is 3. The first-order valence-electron chi connectivity index (χ1n) is 11.0. The van der Waals surface area contributed by atoms with E-state index < -0.39 is 15.9 Å². The molecule has 2 aliphatic rings. The molecule has 34 heavy (non-hydrogen) atoms. The summed E-state index contributed by atoms with van der Waals surface area (Å²) in [5, 5.41) is 7.18. The molecule has 5 rings (SSSR count). The van der Waals surface area contributed by atoms with E-state index in [1.807, 2.05) is 42.2 Å². The maximum atomic E-state index is 12.8. The predicted molar refractivity (Wildman–Crippen MR) is 138 cm³/mol. The number of carbonyl (C=O) groups excluding carboxylic acids is 1. The van der Waals surface area contributed by atoms with Gasteiger partial charge in [0.05, 0.1) is 21.7 Å². The molecule has 1 amide bonds. The average molecular weight is 593 g/mol. The van der Waals surface area contributed by atoms with E-state index in [0.717, 1.165) is 34.9 Å². The monoisotopic (exact) mass is 593 g/mol. The fraction of sp³-hybridized carbons (Fsp3) is 0.348. The van der Waals surface area contributed by atoms with Crippen LogP contribution in [0.5, 0.6) is 0 Å². The van der Waals surface area contributed by atoms with Crippen molar-refractivity contribution < 1.29 is 16.3 Å². The number of halogens is 1. The molecule has 2 aromatic carbocycles. The van der Waals surface area contributed by atoms with E-state index >= 15 is 0 Å². The van der Waals surface area contributed by atoms with Crippen LogP contribution in [0.1, 0.15) is 24.0 Å². The van der Waals surface area contributed by atoms with E-state index in [2.05, 4.69) is 10.6 Å². The minimum Gasteiger partial charge on any atom is -0.378 e. The van der Waals surface area contributed by atoms with Crippen LogP contribution >= 0.6 is 23.0 Å². The fourth-order valence-corrected chi connectivity index (χ4v) is 5.83. The Hall–Kier alpha value is -2.67. The first-order chi connectivity index (χ1) is 16.3. The van der Waals surface area contributed by atoms with Crippen molar-refractivity contribution in [2.24, 2.45) is 0 Å². The van der Waals surface area contributed by atoms with Crippen LogP contribution in [0.2, 0.25) is 0 Å². The number of rotatable bonds is 5. The zero-order valence-corrected chi connectivity index (χ0v) is 21.5. The Bertz CT molecular complexity index is 1380. The lowest BCUT2D eigenvalue weighted by atomic mass is 10.1. The van der Waals surface area contributed by atoms with Gasteiger partial charge < -0.3 is 18.6 Å². The van der Waals surface area contributed by atoms with Gasteiger partial charge in [-0.2, -0.15) is 4.98 Å². The van der Waals surface area contributed by atoms with Gasteiger partial charge in [0.25, 0.3) is 0 Å². The number of sulfone groups is 1. The Morgan fingerprint density at radius 1 is 1.21 bits per heavy atom. The lowest BCUT2D eigenvalue weighted by Gasteiger charge is -2.23. The quantitative estimate of drug-likeness (QED) is 0.431. The largest absolute Gasteiger partial charge is 0.417 e. The number of benzene rings is 2. The second-order valence-corrected chi connectivity index (χ2v) is 11.4. The van der Waals surface area contributed by atoms with Crippen LogP contribution in [-0.4, -0.2) is 48.9 Å². The van der Waals surface area contributed by atoms with E-state index in [0.29, 0.717) is 36.3 Å². The first-order valence-corrected chi connectivity index (χ1v) is 13.5. The third-order valence-corrected chi connectivity index (χ3v) is 8.49. The van der Waals surface area contributed by atoms with Gasteiger partial charge in [-0.05, 0) is 43.5 Å². The van der Waals surface area contributed by atoms with Gasteiger partial charge in [-0.25, -0.2) is 18.2 Å². The van der Waals surface area contributed by atoms with Gasteiger partial charge in [0.15, 0.2) is 32.8 Å². The first kappa shape index (κ1) is 23.1. The third-order valence-electron chi connectivity index (χ3n) is 6.31. The summed E-state index contributed by atoms with van der Waals surface area (Å²) < 4.78 is 30.3. The van der Waals surface area contributed by atoms with Crippen LogP contribution in [0, 0.1) is 6.92 Å². The van der Waals surface area contributed by atoms with Crippen molar-refractivity contribution in [1.29, 1.82) is 0 Å². The second kappa shape index (κ2) is 8.84. The van der Waals surface area contributed by atoms with Gasteiger partial charge in [-0.3, -0.25) is 0 Å². The number of aromatic nitrogens is 2. The Labute approximate surface area is 211 Å². The van der Waals surface area contributed by atoms with Gasteiger partial charge >= 0.3 is 6.09 Å². The van der Waals surface area contributed by atoms with Crippen molar-refractivity contribution in [2.75, 3.05) is 29.1 Å². The van der Waals surface area contributed by atoms with Crippen LogP contribution in [-0.2, 0) is 19.4 Å². The summed E-state index contributed by atoms with van der Waals surface area (Å²) >= 11 is 1.57. The standard InChI is InChI=1S/C23H24IN5O4S/c1-15-6-7-18-17(12-15)20(25-14-23(8-9-23)28-22(30)33-24)27-21(26-18)29-10-11-34(31,32)19-5-3-2-4-16(19)13-29/h2-7,12H,8-11,13-14H2,1H3,(H,28,30)(H,25,26,27). The summed E-state index contributed by atoms with van der Waals surface area (Å²) in [6.45, 7) is 3.20. The van der Waals surface area contributed by atoms with Crippen molar-refractivity contribution in [3.05, 3.63) is 53.6 Å². The number of amides is 1. The lowest BCUT2D eigenvalue weighted by Crippen LogP contribution is -2.41. The lowest BCUT2D eigenvalue weighted by molar-refractivity contribution is 0.209. The van der Waals surface area contributed by atoms with Crippen LogP contribution in [0.25, 0.3) is 10.9 Å². The molecule has 9 nitrogen and oxygen atoms in total. The Kier molecular flexibility index (Phi) is 6.00. The summed E-state index contributed by atoms with van der Waals surface area (Å²) in [6.07, 6.45) is 1.23. The van der Waals surface area contributed by atoms with Crippen molar-refractivity contribution in [1.82, 2.24) is 15.3 Å². The molecule has 0 spiro atoms. The highest BCUT2D eigenvalue weighted by Crippen LogP contribution is 2.36. The SMILES string of the molecule is Cc1ccc2nc(N3CCS(=O)(=O)c4ccccc4C3)nc(NCC3(NC(=O)OI)CC3)c2c1. The normalized spacial score (nSPS) is 18.0. The number of fused-ring (bicyclic) bond motifs is 2. The van der Waals surface area contributed by atoms with E-state index in [-0.39, 0.29) is 11.3 Å². The highest BCUT2D eigenvalue weighted by molar-refractivity contribution is 14.1. The summed E-state index contributed by atoms with van der Waals surface area (Å²) in [5.41, 5.74) is 2.22. The van der Waals surface area contributed by atoms with E-state index in [1.165, 1.54) is 0 Å². The topological polar surface area (TPSA) is 114 Å². The number of hydrogen-bond acceptors (Lipinski definition) is 8. The highest BCUT2D eigenvalue weighted by atomic mass is 127. The summed E-state index contributed by atoms with van der Waals surface area (Å²) in [6, 6.07) is 13.1. The summed E-state index contributed by atoms with van der Waals surface area (Å²) in [4.78, 5) is 23.6. The molecule has 3 aromatic rings. The zero-order chi connectivity index (χ0) is 23.9. The maximum Gasteiger partial charge on any atom is 0.417 e. The minimum atomic E-state index is -3.38. The molecule has 0 unspecified atom stereocenters. The van der Waals surface area contributed by atoms with Crippen LogP contribution in [0.3, 0.4) is 0 Å². The van der Waals surface area contributed by atoms with Crippen molar-refractivity contribution in [3.63, 3.8) is 0 Å². The van der Waals surface area contributed by atoms with Gasteiger partial charge in [0.2, 0.25) is 5.95 Å². The molecular formula is C23H24IN5O4S. The molecule has 0 radical (unpaired) electrons. The van der Waals surface area contributed by atoms with Gasteiger partial charge in [-0.15, -0.1) is 0 Å². The minimum absolute atomic E-state index is 0.00643. The molecule has 1 aliphatic heterocycles. The highest BCUT2D eigenvalue weighted by Gasteiger charge is 2.44. The Balaban J connectivity index is 1.49. The maximum absolute atomic E-state index is 12.8. The summed E-state index contributed by atoms with van der Waals surface area (Å²) in [7, 11) is -3.38. The zero-order valence-electron chi connectivity index (χ0n) is 18.5. The summed E-state index contributed by atoms with van der Waals surface area (Å²) in [5.74, 6) is 1.11. The molecule has 0 bridgehead atoms. The van der Waals surface area contributed by atoms with E-state index in [9.17, 15) is 13.2 Å².